The smallest absolute Gasteiger partial charge is 0.0233 e. The van der Waals surface area contributed by atoms with Crippen LogP contribution >= 0.6 is 15.9 Å². The van der Waals surface area contributed by atoms with Gasteiger partial charge in [-0.15, -0.1) is 0 Å². The Kier molecular flexibility index (Phi) is 4.60. The Hall–Kier alpha value is -0.380. The minimum atomic E-state index is 0.748. The lowest BCUT2D eigenvalue weighted by Gasteiger charge is -2.31. The molecule has 2 rings (SSSR count). The Labute approximate surface area is 112 Å². The molecule has 0 atom stereocenters. The summed E-state index contributed by atoms with van der Waals surface area (Å²) in [5.41, 5.74) is 8.45. The van der Waals surface area contributed by atoms with Crippen LogP contribution in [0.15, 0.2) is 22.7 Å². The average Bonchev–Trinajstić information content (AvgIpc) is 2.35. The number of benzene rings is 1. The first-order chi connectivity index (χ1) is 8.19. The van der Waals surface area contributed by atoms with Crippen LogP contribution in [0.4, 0.5) is 0 Å². The van der Waals surface area contributed by atoms with Gasteiger partial charge in [-0.1, -0.05) is 28.1 Å². The lowest BCUT2D eigenvalue weighted by atomic mass is 9.97. The van der Waals surface area contributed by atoms with E-state index in [9.17, 15) is 0 Å². The number of hydrogen-bond donors (Lipinski definition) is 1. The molecule has 0 amide bonds. The monoisotopic (exact) mass is 296 g/mol. The van der Waals surface area contributed by atoms with Crippen molar-refractivity contribution in [1.82, 2.24) is 4.90 Å². The van der Waals surface area contributed by atoms with Crippen LogP contribution < -0.4 is 5.73 Å². The quantitative estimate of drug-likeness (QED) is 0.929. The largest absolute Gasteiger partial charge is 0.330 e. The van der Waals surface area contributed by atoms with E-state index in [1.807, 2.05) is 0 Å². The van der Waals surface area contributed by atoms with Crippen LogP contribution in [0.1, 0.15) is 24.0 Å². The van der Waals surface area contributed by atoms with Crippen molar-refractivity contribution in [3.63, 3.8) is 0 Å². The van der Waals surface area contributed by atoms with E-state index in [4.69, 9.17) is 5.73 Å². The summed E-state index contributed by atoms with van der Waals surface area (Å²) in [6.07, 6.45) is 2.51. The van der Waals surface area contributed by atoms with E-state index < -0.39 is 0 Å². The second-order valence-electron chi connectivity index (χ2n) is 5.04. The third-order valence-electron chi connectivity index (χ3n) is 3.67. The lowest BCUT2D eigenvalue weighted by Crippen LogP contribution is -2.35. The Morgan fingerprint density at radius 2 is 2.06 bits per heavy atom. The van der Waals surface area contributed by atoms with Crippen molar-refractivity contribution in [2.45, 2.75) is 26.3 Å². The molecule has 1 saturated heterocycles. The van der Waals surface area contributed by atoms with E-state index >= 15 is 0 Å². The first kappa shape index (κ1) is 13.1. The number of nitrogens with zero attached hydrogens (tertiary/aromatic N) is 1. The van der Waals surface area contributed by atoms with Crippen LogP contribution in [0.3, 0.4) is 0 Å². The van der Waals surface area contributed by atoms with Crippen LogP contribution in [-0.4, -0.2) is 24.5 Å². The van der Waals surface area contributed by atoms with Gasteiger partial charge in [0.05, 0.1) is 0 Å². The van der Waals surface area contributed by atoms with Crippen LogP contribution in [0.25, 0.3) is 0 Å². The zero-order valence-corrected chi connectivity index (χ0v) is 12.0. The van der Waals surface area contributed by atoms with Gasteiger partial charge in [-0.3, -0.25) is 4.90 Å². The maximum absolute atomic E-state index is 5.71. The van der Waals surface area contributed by atoms with Crippen LogP contribution in [0.2, 0.25) is 0 Å². The third-order valence-corrected chi connectivity index (χ3v) is 4.56. The number of nitrogens with two attached hydrogens (primary N) is 1. The first-order valence-corrected chi connectivity index (χ1v) is 7.16. The number of hydrogen-bond acceptors (Lipinski definition) is 2. The second kappa shape index (κ2) is 5.98. The van der Waals surface area contributed by atoms with Crippen molar-refractivity contribution < 1.29 is 0 Å². The predicted octanol–water partition coefficient (Wildman–Crippen LogP) is 2.93. The number of rotatable bonds is 3. The molecule has 3 heteroatoms. The molecule has 0 spiro atoms. The molecule has 1 heterocycles. The van der Waals surface area contributed by atoms with Crippen molar-refractivity contribution in [3.05, 3.63) is 33.8 Å². The van der Waals surface area contributed by atoms with Gasteiger partial charge in [0.2, 0.25) is 0 Å². The van der Waals surface area contributed by atoms with Gasteiger partial charge in [-0.25, -0.2) is 0 Å². The number of halogens is 1. The van der Waals surface area contributed by atoms with Gasteiger partial charge >= 0.3 is 0 Å². The highest BCUT2D eigenvalue weighted by molar-refractivity contribution is 9.10. The molecule has 17 heavy (non-hydrogen) atoms. The van der Waals surface area contributed by atoms with E-state index in [-0.39, 0.29) is 0 Å². The molecule has 1 aromatic rings. The van der Waals surface area contributed by atoms with Crippen molar-refractivity contribution in [2.75, 3.05) is 19.6 Å². The minimum Gasteiger partial charge on any atom is -0.330 e. The molecule has 2 N–H and O–H groups in total. The Morgan fingerprint density at radius 3 is 2.65 bits per heavy atom. The van der Waals surface area contributed by atoms with Crippen molar-refractivity contribution in [1.29, 1.82) is 0 Å². The third kappa shape index (κ3) is 3.54. The molecule has 1 aliphatic heterocycles. The zero-order valence-electron chi connectivity index (χ0n) is 10.5. The van der Waals surface area contributed by atoms with Crippen molar-refractivity contribution in [2.24, 2.45) is 11.7 Å². The van der Waals surface area contributed by atoms with E-state index in [2.05, 4.69) is 46.0 Å². The summed E-state index contributed by atoms with van der Waals surface area (Å²) >= 11 is 3.54. The van der Waals surface area contributed by atoms with Crippen molar-refractivity contribution >= 4 is 15.9 Å². The lowest BCUT2D eigenvalue weighted by molar-refractivity contribution is 0.180. The highest BCUT2D eigenvalue weighted by Gasteiger charge is 2.17. The van der Waals surface area contributed by atoms with Gasteiger partial charge in [0.1, 0.15) is 0 Å². The molecule has 0 saturated carbocycles. The summed E-state index contributed by atoms with van der Waals surface area (Å²) in [6, 6.07) is 6.64. The minimum absolute atomic E-state index is 0.748. The van der Waals surface area contributed by atoms with E-state index in [1.165, 1.54) is 41.5 Å². The van der Waals surface area contributed by atoms with Crippen LogP contribution in [0.5, 0.6) is 0 Å². The first-order valence-electron chi connectivity index (χ1n) is 6.36. The van der Waals surface area contributed by atoms with E-state index in [0.717, 1.165) is 19.0 Å². The Balaban J connectivity index is 1.91. The van der Waals surface area contributed by atoms with Crippen LogP contribution in [-0.2, 0) is 6.54 Å². The molecule has 94 valence electrons. The summed E-state index contributed by atoms with van der Waals surface area (Å²) in [6.45, 7) is 6.46. The van der Waals surface area contributed by atoms with Gasteiger partial charge < -0.3 is 5.73 Å². The maximum Gasteiger partial charge on any atom is 0.0233 e. The topological polar surface area (TPSA) is 29.3 Å². The predicted molar refractivity (Wildman–Crippen MR) is 75.9 cm³/mol. The van der Waals surface area contributed by atoms with Crippen LogP contribution in [0, 0.1) is 12.8 Å². The number of aryl methyl sites for hydroxylation is 1. The second-order valence-corrected chi connectivity index (χ2v) is 5.89. The zero-order chi connectivity index (χ0) is 12.3. The summed E-state index contributed by atoms with van der Waals surface area (Å²) in [5.74, 6) is 0.748. The Bertz CT molecular complexity index is 370. The molecule has 0 aromatic heterocycles. The van der Waals surface area contributed by atoms with Crippen molar-refractivity contribution in [3.8, 4) is 0 Å². The maximum atomic E-state index is 5.71. The summed E-state index contributed by atoms with van der Waals surface area (Å²) in [4.78, 5) is 2.54. The Morgan fingerprint density at radius 1 is 1.35 bits per heavy atom. The van der Waals surface area contributed by atoms with Gasteiger partial charge in [0.15, 0.2) is 0 Å². The molecule has 0 bridgehead atoms. The molecule has 0 radical (unpaired) electrons. The van der Waals surface area contributed by atoms with Gasteiger partial charge in [-0.05, 0) is 62.5 Å². The molecule has 1 aliphatic rings. The fraction of sp³-hybridized carbons (Fsp3) is 0.571. The summed E-state index contributed by atoms with van der Waals surface area (Å²) in [5, 5.41) is 0. The normalized spacial score (nSPS) is 18.5. The molecule has 1 fully saturated rings. The SMILES string of the molecule is Cc1cc(CN2CCC(CN)CC2)ccc1Br. The number of likely N-dealkylation sites (tertiary alicyclic amines) is 1. The van der Waals surface area contributed by atoms with E-state index in [1.54, 1.807) is 0 Å². The fourth-order valence-electron chi connectivity index (χ4n) is 2.44. The van der Waals surface area contributed by atoms with Gasteiger partial charge in [0, 0.05) is 11.0 Å². The molecule has 0 unspecified atom stereocenters. The summed E-state index contributed by atoms with van der Waals surface area (Å²) in [7, 11) is 0. The standard InChI is InChI=1S/C14H21BrN2/c1-11-8-13(2-3-14(11)15)10-17-6-4-12(9-16)5-7-17/h2-3,8,12H,4-7,9-10,16H2,1H3. The highest BCUT2D eigenvalue weighted by Crippen LogP contribution is 2.21. The van der Waals surface area contributed by atoms with E-state index in [0.29, 0.717) is 0 Å². The average molecular weight is 297 g/mol. The molecule has 2 nitrogen and oxygen atoms in total. The van der Waals surface area contributed by atoms with Gasteiger partial charge in [-0.2, -0.15) is 0 Å². The summed E-state index contributed by atoms with van der Waals surface area (Å²) < 4.78 is 1.20. The molecular weight excluding hydrogens is 276 g/mol. The molecule has 0 aliphatic carbocycles. The van der Waals surface area contributed by atoms with Gasteiger partial charge in [0.25, 0.3) is 0 Å². The molecular formula is C14H21BrN2. The highest BCUT2D eigenvalue weighted by atomic mass is 79.9. The fourth-order valence-corrected chi connectivity index (χ4v) is 2.69. The number of piperidine rings is 1. The molecule has 1 aromatic carbocycles.